The Morgan fingerprint density at radius 3 is 1.40 bits per heavy atom. The first-order chi connectivity index (χ1) is 1.73. The van der Waals surface area contributed by atoms with E-state index in [1.165, 1.54) is 13.8 Å². The fourth-order valence-electron chi connectivity index (χ4n) is 0. The Morgan fingerprint density at radius 1 is 1.40 bits per heavy atom. The number of ketones is 1. The zero-order valence-corrected chi connectivity index (χ0v) is 4.47. The molecule has 29 valence electrons. The van der Waals surface area contributed by atoms with E-state index in [4.69, 9.17) is 0 Å². The van der Waals surface area contributed by atoms with Crippen molar-refractivity contribution in [2.24, 2.45) is 0 Å². The minimum atomic E-state index is 0. The van der Waals surface area contributed by atoms with E-state index in [2.05, 4.69) is 0 Å². The Morgan fingerprint density at radius 2 is 1.40 bits per heavy atom. The van der Waals surface area contributed by atoms with Crippen LogP contribution in [0.1, 0.15) is 13.8 Å². The first kappa shape index (κ1) is 8.95. The standard InChI is InChI=1S/C3H6O.Mn/c1-3(2)4;/h1-2H3;/q;+2. The monoisotopic (exact) mass is 113 g/mol. The topological polar surface area (TPSA) is 17.1 Å². The molecule has 0 amide bonds. The van der Waals surface area contributed by atoms with Crippen molar-refractivity contribution in [3.63, 3.8) is 0 Å². The number of Topliss-reactive ketones (excluding diaryl/α,β-unsaturated/α-hetero) is 1. The second kappa shape index (κ2) is 4.19. The first-order valence-electron chi connectivity index (χ1n) is 1.20. The first-order valence-corrected chi connectivity index (χ1v) is 1.20. The zero-order valence-electron chi connectivity index (χ0n) is 3.29. The molecule has 0 heterocycles. The van der Waals surface area contributed by atoms with Crippen LogP contribution in [0.5, 0.6) is 0 Å². The van der Waals surface area contributed by atoms with E-state index in [-0.39, 0.29) is 22.9 Å². The minimum absolute atomic E-state index is 0. The van der Waals surface area contributed by atoms with Gasteiger partial charge in [-0.1, -0.05) is 0 Å². The molecule has 0 aliphatic carbocycles. The van der Waals surface area contributed by atoms with Crippen molar-refractivity contribution in [3.8, 4) is 0 Å². The molecule has 0 aromatic carbocycles. The van der Waals surface area contributed by atoms with Crippen molar-refractivity contribution in [2.45, 2.75) is 13.8 Å². The summed E-state index contributed by atoms with van der Waals surface area (Å²) in [6.45, 7) is 3.06. The molecule has 1 radical (unpaired) electrons. The average Bonchev–Trinajstić information content (AvgIpc) is 0.811. The quantitative estimate of drug-likeness (QED) is 0.420. The van der Waals surface area contributed by atoms with Crippen molar-refractivity contribution in [2.75, 3.05) is 0 Å². The molecule has 0 atom stereocenters. The molecule has 0 aliphatic heterocycles. The molecular formula is C3H6MnO+2. The molecule has 5 heavy (non-hydrogen) atoms. The molecule has 0 aliphatic rings. The van der Waals surface area contributed by atoms with Crippen LogP contribution in [0.15, 0.2) is 0 Å². The summed E-state index contributed by atoms with van der Waals surface area (Å²) in [4.78, 5) is 9.44. The summed E-state index contributed by atoms with van der Waals surface area (Å²) in [6, 6.07) is 0. The molecule has 0 rings (SSSR count). The predicted molar refractivity (Wildman–Crippen MR) is 16.4 cm³/mol. The van der Waals surface area contributed by atoms with Crippen molar-refractivity contribution in [1.82, 2.24) is 0 Å². The maximum Gasteiger partial charge on any atom is 2.00 e. The Kier molecular flexibility index (Phi) is 7.50. The van der Waals surface area contributed by atoms with E-state index >= 15 is 0 Å². The van der Waals surface area contributed by atoms with Gasteiger partial charge in [0.2, 0.25) is 0 Å². The molecule has 0 aromatic heterocycles. The number of carbonyl (C=O) groups is 1. The Bertz CT molecular complexity index is 29.9. The molecule has 0 spiro atoms. The molecule has 0 fully saturated rings. The fourth-order valence-corrected chi connectivity index (χ4v) is 0. The summed E-state index contributed by atoms with van der Waals surface area (Å²) in [6.07, 6.45) is 0. The Labute approximate surface area is 42.2 Å². The summed E-state index contributed by atoms with van der Waals surface area (Å²) in [5, 5.41) is 0. The van der Waals surface area contributed by atoms with Crippen molar-refractivity contribution in [1.29, 1.82) is 0 Å². The second-order valence-corrected chi connectivity index (χ2v) is 0.908. The van der Waals surface area contributed by atoms with E-state index < -0.39 is 0 Å². The largest absolute Gasteiger partial charge is 2.00 e. The third-order valence-corrected chi connectivity index (χ3v) is 0. The summed E-state index contributed by atoms with van der Waals surface area (Å²) >= 11 is 0. The van der Waals surface area contributed by atoms with E-state index in [9.17, 15) is 4.79 Å². The average molecular weight is 113 g/mol. The molecule has 0 saturated carbocycles. The van der Waals surface area contributed by atoms with Crippen LogP contribution in [-0.4, -0.2) is 5.78 Å². The van der Waals surface area contributed by atoms with Crippen LogP contribution in [0.2, 0.25) is 0 Å². The summed E-state index contributed by atoms with van der Waals surface area (Å²) in [5.74, 6) is 0.167. The minimum Gasteiger partial charge on any atom is -0.300 e. The van der Waals surface area contributed by atoms with Gasteiger partial charge in [-0.25, -0.2) is 0 Å². The summed E-state index contributed by atoms with van der Waals surface area (Å²) in [7, 11) is 0. The van der Waals surface area contributed by atoms with Crippen LogP contribution in [0.25, 0.3) is 0 Å². The van der Waals surface area contributed by atoms with Gasteiger partial charge in [0.1, 0.15) is 5.78 Å². The third-order valence-electron chi connectivity index (χ3n) is 0. The van der Waals surface area contributed by atoms with Gasteiger partial charge in [0.05, 0.1) is 0 Å². The molecule has 1 nitrogen and oxygen atoms in total. The van der Waals surface area contributed by atoms with E-state index in [1.807, 2.05) is 0 Å². The van der Waals surface area contributed by atoms with Crippen LogP contribution >= 0.6 is 0 Å². The maximum atomic E-state index is 9.44. The van der Waals surface area contributed by atoms with Crippen LogP contribution < -0.4 is 0 Å². The Hall–Kier alpha value is 0.189. The van der Waals surface area contributed by atoms with Gasteiger partial charge in [-0.2, -0.15) is 0 Å². The number of hydrogen-bond donors (Lipinski definition) is 0. The fraction of sp³-hybridized carbons (Fsp3) is 0.667. The smallest absolute Gasteiger partial charge is 0.300 e. The predicted octanol–water partition coefficient (Wildman–Crippen LogP) is 0.593. The number of rotatable bonds is 0. The van der Waals surface area contributed by atoms with Crippen LogP contribution in [0, 0.1) is 0 Å². The summed E-state index contributed by atoms with van der Waals surface area (Å²) < 4.78 is 0. The zero-order chi connectivity index (χ0) is 3.58. The molecule has 0 saturated heterocycles. The van der Waals surface area contributed by atoms with Gasteiger partial charge < -0.3 is 4.79 Å². The molecule has 0 aromatic rings. The third kappa shape index (κ3) is 559. The van der Waals surface area contributed by atoms with Gasteiger partial charge in [-0.3, -0.25) is 0 Å². The van der Waals surface area contributed by atoms with Gasteiger partial charge >= 0.3 is 17.1 Å². The van der Waals surface area contributed by atoms with Gasteiger partial charge in [0, 0.05) is 0 Å². The van der Waals surface area contributed by atoms with Gasteiger partial charge in [-0.05, 0) is 13.8 Å². The van der Waals surface area contributed by atoms with Crippen molar-refractivity contribution >= 4 is 5.78 Å². The number of hydrogen-bond acceptors (Lipinski definition) is 1. The van der Waals surface area contributed by atoms with Crippen LogP contribution in [0.3, 0.4) is 0 Å². The van der Waals surface area contributed by atoms with Crippen LogP contribution in [0.4, 0.5) is 0 Å². The maximum absolute atomic E-state index is 9.44. The van der Waals surface area contributed by atoms with E-state index in [1.54, 1.807) is 0 Å². The van der Waals surface area contributed by atoms with Crippen LogP contribution in [-0.2, 0) is 21.9 Å². The van der Waals surface area contributed by atoms with Gasteiger partial charge in [0.25, 0.3) is 0 Å². The van der Waals surface area contributed by atoms with Crippen molar-refractivity contribution in [3.05, 3.63) is 0 Å². The number of carbonyl (C=O) groups excluding carboxylic acids is 1. The Balaban J connectivity index is 0. The molecule has 0 bridgehead atoms. The SMILES string of the molecule is CC(C)=O.[Mn+2]. The van der Waals surface area contributed by atoms with Crippen molar-refractivity contribution < 1.29 is 21.9 Å². The molecule has 0 unspecified atom stereocenters. The second-order valence-electron chi connectivity index (χ2n) is 0.908. The molecule has 0 N–H and O–H groups in total. The molecule has 2 heteroatoms. The van der Waals surface area contributed by atoms with Gasteiger partial charge in [0.15, 0.2) is 0 Å². The normalized spacial score (nSPS) is 5.20. The van der Waals surface area contributed by atoms with Gasteiger partial charge in [-0.15, -0.1) is 0 Å². The molecular weight excluding hydrogens is 107 g/mol. The summed E-state index contributed by atoms with van der Waals surface area (Å²) in [5.41, 5.74) is 0. The van der Waals surface area contributed by atoms with E-state index in [0.29, 0.717) is 0 Å². The van der Waals surface area contributed by atoms with E-state index in [0.717, 1.165) is 0 Å².